The topological polar surface area (TPSA) is 50.9 Å². The quantitative estimate of drug-likeness (QED) is 0.654. The Hall–Kier alpha value is -0.930. The zero-order chi connectivity index (χ0) is 11.6. The molecule has 0 unspecified atom stereocenters. The summed E-state index contributed by atoms with van der Waals surface area (Å²) in [5, 5.41) is 3.17. The predicted octanol–water partition coefficient (Wildman–Crippen LogP) is 1.52. The third-order valence-corrected chi connectivity index (χ3v) is 2.78. The molecule has 0 saturated carbocycles. The van der Waals surface area contributed by atoms with Crippen molar-refractivity contribution in [3.63, 3.8) is 0 Å². The molecule has 1 rings (SSSR count). The Kier molecular flexibility index (Phi) is 6.77. The van der Waals surface area contributed by atoms with Crippen LogP contribution in [0, 0.1) is 0 Å². The third-order valence-electron chi connectivity index (χ3n) is 2.78. The van der Waals surface area contributed by atoms with Crippen LogP contribution in [-0.2, 0) is 12.8 Å². The minimum Gasteiger partial charge on any atom is -0.330 e. The molecule has 0 atom stereocenters. The van der Waals surface area contributed by atoms with E-state index in [4.69, 9.17) is 5.73 Å². The molecule has 1 aromatic heterocycles. The standard InChI is InChI=1S/C13H23N3/c1-15-9-3-2-5-13-11-16-10-7-12(13)6-4-8-14/h7,10-11,15H,2-6,8-9,14H2,1H3. The van der Waals surface area contributed by atoms with Gasteiger partial charge in [-0.15, -0.1) is 0 Å². The summed E-state index contributed by atoms with van der Waals surface area (Å²) in [6, 6.07) is 2.13. The van der Waals surface area contributed by atoms with E-state index in [0.717, 1.165) is 32.4 Å². The van der Waals surface area contributed by atoms with Gasteiger partial charge in [0.25, 0.3) is 0 Å². The molecule has 3 nitrogen and oxygen atoms in total. The van der Waals surface area contributed by atoms with E-state index in [0.29, 0.717) is 0 Å². The highest BCUT2D eigenvalue weighted by molar-refractivity contribution is 5.23. The van der Waals surface area contributed by atoms with Crippen LogP contribution in [0.3, 0.4) is 0 Å². The molecule has 16 heavy (non-hydrogen) atoms. The van der Waals surface area contributed by atoms with Gasteiger partial charge in [0.2, 0.25) is 0 Å². The highest BCUT2D eigenvalue weighted by atomic mass is 14.8. The fourth-order valence-corrected chi connectivity index (χ4v) is 1.83. The van der Waals surface area contributed by atoms with Crippen molar-refractivity contribution in [3.05, 3.63) is 29.6 Å². The van der Waals surface area contributed by atoms with Crippen LogP contribution in [0.1, 0.15) is 30.4 Å². The van der Waals surface area contributed by atoms with E-state index in [1.54, 1.807) is 0 Å². The monoisotopic (exact) mass is 221 g/mol. The number of pyridine rings is 1. The van der Waals surface area contributed by atoms with E-state index in [1.807, 2.05) is 19.4 Å². The lowest BCUT2D eigenvalue weighted by molar-refractivity contribution is 0.672. The van der Waals surface area contributed by atoms with Gasteiger partial charge in [0.05, 0.1) is 0 Å². The van der Waals surface area contributed by atoms with Crippen molar-refractivity contribution in [3.8, 4) is 0 Å². The van der Waals surface area contributed by atoms with E-state index in [2.05, 4.69) is 16.4 Å². The second-order valence-electron chi connectivity index (χ2n) is 4.10. The third kappa shape index (κ3) is 4.73. The molecule has 0 fully saturated rings. The zero-order valence-corrected chi connectivity index (χ0v) is 10.2. The average Bonchev–Trinajstić information content (AvgIpc) is 2.33. The molecule has 0 radical (unpaired) electrons. The van der Waals surface area contributed by atoms with Crippen molar-refractivity contribution in [2.75, 3.05) is 20.1 Å². The van der Waals surface area contributed by atoms with Gasteiger partial charge in [0.15, 0.2) is 0 Å². The minimum absolute atomic E-state index is 0.765. The molecule has 0 bridgehead atoms. The minimum atomic E-state index is 0.765. The summed E-state index contributed by atoms with van der Waals surface area (Å²) in [4.78, 5) is 4.21. The van der Waals surface area contributed by atoms with Crippen molar-refractivity contribution in [2.45, 2.75) is 32.1 Å². The Morgan fingerprint density at radius 3 is 2.75 bits per heavy atom. The highest BCUT2D eigenvalue weighted by Crippen LogP contribution is 2.12. The van der Waals surface area contributed by atoms with Crippen LogP contribution in [0.5, 0.6) is 0 Å². The van der Waals surface area contributed by atoms with E-state index in [1.165, 1.54) is 24.0 Å². The van der Waals surface area contributed by atoms with E-state index >= 15 is 0 Å². The first kappa shape index (κ1) is 13.1. The maximum Gasteiger partial charge on any atom is 0.0302 e. The summed E-state index contributed by atoms with van der Waals surface area (Å²) in [7, 11) is 2.00. The first-order chi connectivity index (χ1) is 7.88. The van der Waals surface area contributed by atoms with Gasteiger partial charge in [-0.25, -0.2) is 0 Å². The maximum absolute atomic E-state index is 5.54. The molecule has 1 heterocycles. The summed E-state index contributed by atoms with van der Waals surface area (Å²) in [6.07, 6.45) is 9.61. The molecule has 0 aliphatic rings. The number of rotatable bonds is 8. The smallest absolute Gasteiger partial charge is 0.0302 e. The van der Waals surface area contributed by atoms with Gasteiger partial charge >= 0.3 is 0 Å². The van der Waals surface area contributed by atoms with Crippen LogP contribution in [0.25, 0.3) is 0 Å². The molecular formula is C13H23N3. The lowest BCUT2D eigenvalue weighted by atomic mass is 10.0. The van der Waals surface area contributed by atoms with Crippen LogP contribution in [0.2, 0.25) is 0 Å². The van der Waals surface area contributed by atoms with Crippen LogP contribution in [0.15, 0.2) is 18.5 Å². The van der Waals surface area contributed by atoms with Gasteiger partial charge in [-0.05, 0) is 69.4 Å². The van der Waals surface area contributed by atoms with Crippen molar-refractivity contribution >= 4 is 0 Å². The van der Waals surface area contributed by atoms with Crippen molar-refractivity contribution in [1.29, 1.82) is 0 Å². The zero-order valence-electron chi connectivity index (χ0n) is 10.2. The summed E-state index contributed by atoms with van der Waals surface area (Å²) in [6.45, 7) is 1.86. The molecule has 0 aromatic carbocycles. The summed E-state index contributed by atoms with van der Waals surface area (Å²) >= 11 is 0. The van der Waals surface area contributed by atoms with Gasteiger partial charge in [-0.3, -0.25) is 4.98 Å². The van der Waals surface area contributed by atoms with Crippen LogP contribution in [0.4, 0.5) is 0 Å². The van der Waals surface area contributed by atoms with E-state index in [-0.39, 0.29) is 0 Å². The Morgan fingerprint density at radius 2 is 2.00 bits per heavy atom. The Morgan fingerprint density at radius 1 is 1.19 bits per heavy atom. The molecular weight excluding hydrogens is 198 g/mol. The Bertz CT molecular complexity index is 286. The average molecular weight is 221 g/mol. The van der Waals surface area contributed by atoms with Gasteiger partial charge in [-0.2, -0.15) is 0 Å². The lowest BCUT2D eigenvalue weighted by Gasteiger charge is -2.08. The first-order valence-corrected chi connectivity index (χ1v) is 6.15. The van der Waals surface area contributed by atoms with Crippen molar-refractivity contribution in [1.82, 2.24) is 10.3 Å². The molecule has 0 amide bonds. The van der Waals surface area contributed by atoms with Gasteiger partial charge in [-0.1, -0.05) is 0 Å². The summed E-state index contributed by atoms with van der Waals surface area (Å²) < 4.78 is 0. The molecule has 3 N–H and O–H groups in total. The Labute approximate surface area is 98.5 Å². The lowest BCUT2D eigenvalue weighted by Crippen LogP contribution is -2.08. The van der Waals surface area contributed by atoms with Crippen LogP contribution in [-0.4, -0.2) is 25.1 Å². The molecule has 3 heteroatoms. The largest absolute Gasteiger partial charge is 0.330 e. The number of nitrogens with one attached hydrogen (secondary N) is 1. The molecule has 90 valence electrons. The first-order valence-electron chi connectivity index (χ1n) is 6.15. The number of aromatic nitrogens is 1. The second-order valence-corrected chi connectivity index (χ2v) is 4.10. The number of nitrogens with zero attached hydrogens (tertiary/aromatic N) is 1. The number of unbranched alkanes of at least 4 members (excludes halogenated alkanes) is 1. The van der Waals surface area contributed by atoms with Gasteiger partial charge < -0.3 is 11.1 Å². The molecule has 0 spiro atoms. The maximum atomic E-state index is 5.54. The van der Waals surface area contributed by atoms with Crippen molar-refractivity contribution < 1.29 is 0 Å². The molecule has 0 aliphatic carbocycles. The van der Waals surface area contributed by atoms with Crippen LogP contribution >= 0.6 is 0 Å². The van der Waals surface area contributed by atoms with Gasteiger partial charge in [0, 0.05) is 12.4 Å². The van der Waals surface area contributed by atoms with E-state index < -0.39 is 0 Å². The number of hydrogen-bond acceptors (Lipinski definition) is 3. The predicted molar refractivity (Wildman–Crippen MR) is 68.5 cm³/mol. The van der Waals surface area contributed by atoms with Crippen molar-refractivity contribution in [2.24, 2.45) is 5.73 Å². The fraction of sp³-hybridized carbons (Fsp3) is 0.615. The summed E-state index contributed by atoms with van der Waals surface area (Å²) in [5.74, 6) is 0. The number of aryl methyl sites for hydroxylation is 2. The van der Waals surface area contributed by atoms with E-state index in [9.17, 15) is 0 Å². The highest BCUT2D eigenvalue weighted by Gasteiger charge is 2.01. The number of hydrogen-bond donors (Lipinski definition) is 2. The normalized spacial score (nSPS) is 10.6. The van der Waals surface area contributed by atoms with Crippen LogP contribution < -0.4 is 11.1 Å². The SMILES string of the molecule is CNCCCCc1cnccc1CCCN. The number of nitrogens with two attached hydrogens (primary N) is 1. The summed E-state index contributed by atoms with van der Waals surface area (Å²) in [5.41, 5.74) is 8.36. The second kappa shape index (κ2) is 8.25. The molecule has 0 aliphatic heterocycles. The molecule has 1 aromatic rings. The Balaban J connectivity index is 2.43. The van der Waals surface area contributed by atoms with Gasteiger partial charge in [0.1, 0.15) is 0 Å². The fourth-order valence-electron chi connectivity index (χ4n) is 1.83. The molecule has 0 saturated heterocycles.